The normalized spacial score (nSPS) is 16.1. The Morgan fingerprint density at radius 3 is 2.88 bits per heavy atom. The van der Waals surface area contributed by atoms with Gasteiger partial charge in [0.25, 0.3) is 0 Å². The van der Waals surface area contributed by atoms with Crippen LogP contribution in [0.5, 0.6) is 0 Å². The molecule has 0 saturated carbocycles. The Bertz CT molecular complexity index is 1170. The zero-order chi connectivity index (χ0) is 23.0. The summed E-state index contributed by atoms with van der Waals surface area (Å²) in [5.41, 5.74) is 1.33. The Morgan fingerprint density at radius 2 is 2.16 bits per heavy atom. The summed E-state index contributed by atoms with van der Waals surface area (Å²) in [5.74, 6) is -1.33. The molecule has 168 valence electrons. The number of hydrogen-bond acceptors (Lipinski definition) is 6. The third-order valence-electron chi connectivity index (χ3n) is 5.38. The minimum atomic E-state index is -0.964. The number of halogens is 2. The monoisotopic (exact) mass is 461 g/mol. The maximum atomic E-state index is 13.5. The van der Waals surface area contributed by atoms with Crippen LogP contribution in [0.4, 0.5) is 4.39 Å². The first-order valence-electron chi connectivity index (χ1n) is 9.94. The number of hydrogen-bond donors (Lipinski definition) is 2. The highest BCUT2D eigenvalue weighted by Gasteiger charge is 2.38. The molecule has 1 amide bonds. The van der Waals surface area contributed by atoms with Crippen molar-refractivity contribution in [1.82, 2.24) is 25.0 Å². The zero-order valence-electron chi connectivity index (χ0n) is 17.4. The summed E-state index contributed by atoms with van der Waals surface area (Å²) in [7, 11) is 0. The Labute approximate surface area is 187 Å². The van der Waals surface area contributed by atoms with Crippen LogP contribution in [0.25, 0.3) is 11.4 Å². The summed E-state index contributed by atoms with van der Waals surface area (Å²) in [5, 5.41) is 13.1. The first-order valence-corrected chi connectivity index (χ1v) is 10.3. The van der Waals surface area contributed by atoms with Crippen molar-refractivity contribution in [2.45, 2.75) is 45.7 Å². The highest BCUT2D eigenvalue weighted by atomic mass is 35.5. The maximum Gasteiger partial charge on any atom is 0.303 e. The molecule has 0 unspecified atom stereocenters. The van der Waals surface area contributed by atoms with E-state index in [9.17, 15) is 14.0 Å². The second kappa shape index (κ2) is 8.34. The number of aromatic nitrogens is 4. The van der Waals surface area contributed by atoms with Crippen LogP contribution in [0.15, 0.2) is 29.0 Å². The first-order chi connectivity index (χ1) is 15.1. The van der Waals surface area contributed by atoms with Crippen molar-refractivity contribution < 1.29 is 23.6 Å². The molecule has 1 aliphatic rings. The summed E-state index contributed by atoms with van der Waals surface area (Å²) in [4.78, 5) is 37.7. The first kappa shape index (κ1) is 21.9. The third kappa shape index (κ3) is 4.50. The number of aromatic amines is 1. The lowest BCUT2D eigenvalue weighted by Gasteiger charge is -2.35. The quantitative estimate of drug-likeness (QED) is 0.572. The molecule has 32 heavy (non-hydrogen) atoms. The van der Waals surface area contributed by atoms with E-state index >= 15 is 0 Å². The lowest BCUT2D eigenvalue weighted by Crippen LogP contribution is -2.41. The van der Waals surface area contributed by atoms with Gasteiger partial charge in [-0.3, -0.25) is 9.59 Å². The summed E-state index contributed by atoms with van der Waals surface area (Å²) < 4.78 is 19.0. The van der Waals surface area contributed by atoms with Crippen LogP contribution in [0.1, 0.15) is 50.0 Å². The van der Waals surface area contributed by atoms with Gasteiger partial charge < -0.3 is 19.5 Å². The Balaban J connectivity index is 1.63. The van der Waals surface area contributed by atoms with E-state index in [0.717, 1.165) is 11.4 Å². The minimum Gasteiger partial charge on any atom is -0.481 e. The maximum absolute atomic E-state index is 13.5. The van der Waals surface area contributed by atoms with E-state index in [-0.39, 0.29) is 42.0 Å². The number of carboxylic acids is 1. The summed E-state index contributed by atoms with van der Waals surface area (Å²) in [6.07, 6.45) is 1.82. The van der Waals surface area contributed by atoms with Gasteiger partial charge in [-0.15, -0.1) is 0 Å². The van der Waals surface area contributed by atoms with E-state index in [2.05, 4.69) is 20.1 Å². The van der Waals surface area contributed by atoms with Crippen LogP contribution in [-0.4, -0.2) is 42.0 Å². The number of rotatable bonds is 6. The van der Waals surface area contributed by atoms with Crippen LogP contribution in [-0.2, 0) is 22.6 Å². The molecule has 0 fully saturated rings. The van der Waals surface area contributed by atoms with Gasteiger partial charge >= 0.3 is 5.97 Å². The van der Waals surface area contributed by atoms with Gasteiger partial charge in [-0.1, -0.05) is 30.6 Å². The molecule has 3 heterocycles. The molecule has 0 aliphatic carbocycles. The number of carbonyl (C=O) groups is 2. The molecular weight excluding hydrogens is 441 g/mol. The molecule has 1 aromatic carbocycles. The van der Waals surface area contributed by atoms with Crippen molar-refractivity contribution in [2.75, 3.05) is 0 Å². The second-order valence-corrected chi connectivity index (χ2v) is 8.97. The standard InChI is InChI=1S/C21H21ClFN5O4/c1-21(2,8-18(30)31)7-17(29)28-9-15-14(24-10-25-15)6-16(28)20-26-19(27-32-20)11-3-4-13(23)12(22)5-11/h3-5,10,16H,6-9H2,1-2H3,(H,24,25)(H,30,31)/t16-/m0/s1. The highest BCUT2D eigenvalue weighted by molar-refractivity contribution is 6.31. The average molecular weight is 462 g/mol. The number of carboxylic acid groups (broad SMARTS) is 1. The number of nitrogens with zero attached hydrogens (tertiary/aromatic N) is 4. The Kier molecular flexibility index (Phi) is 5.72. The lowest BCUT2D eigenvalue weighted by atomic mass is 9.84. The van der Waals surface area contributed by atoms with Crippen molar-refractivity contribution >= 4 is 23.5 Å². The van der Waals surface area contributed by atoms with E-state index in [1.54, 1.807) is 25.1 Å². The summed E-state index contributed by atoms with van der Waals surface area (Å²) in [6, 6.07) is 3.52. The number of nitrogens with one attached hydrogen (secondary N) is 1. The van der Waals surface area contributed by atoms with Gasteiger partial charge in [0.1, 0.15) is 11.9 Å². The number of imidazole rings is 1. The zero-order valence-corrected chi connectivity index (χ0v) is 18.2. The molecule has 9 nitrogen and oxygen atoms in total. The van der Waals surface area contributed by atoms with E-state index in [4.69, 9.17) is 21.2 Å². The number of benzene rings is 1. The van der Waals surface area contributed by atoms with E-state index in [1.807, 2.05) is 0 Å². The van der Waals surface area contributed by atoms with Gasteiger partial charge in [-0.2, -0.15) is 4.98 Å². The third-order valence-corrected chi connectivity index (χ3v) is 5.67. The molecule has 2 N–H and O–H groups in total. The Morgan fingerprint density at radius 1 is 1.38 bits per heavy atom. The number of aliphatic carboxylic acids is 1. The molecule has 0 spiro atoms. The van der Waals surface area contributed by atoms with E-state index in [0.29, 0.717) is 12.0 Å². The SMILES string of the molecule is CC(C)(CC(=O)O)CC(=O)N1Cc2[nH]cnc2C[C@H]1c1nc(-c2ccc(F)c(Cl)c2)no1. The molecule has 0 bridgehead atoms. The number of carbonyl (C=O) groups excluding carboxylic acids is 1. The van der Waals surface area contributed by atoms with Gasteiger partial charge in [0.05, 0.1) is 35.7 Å². The van der Waals surface area contributed by atoms with Crippen molar-refractivity contribution in [2.24, 2.45) is 5.41 Å². The molecule has 1 atom stereocenters. The molecule has 2 aromatic heterocycles. The molecule has 4 rings (SSSR count). The molecular formula is C21H21ClFN5O4. The van der Waals surface area contributed by atoms with Crippen LogP contribution < -0.4 is 0 Å². The van der Waals surface area contributed by atoms with Gasteiger partial charge in [-0.25, -0.2) is 9.37 Å². The predicted octanol–water partition coefficient (Wildman–Crippen LogP) is 3.77. The van der Waals surface area contributed by atoms with Crippen LogP contribution in [0, 0.1) is 11.2 Å². The van der Waals surface area contributed by atoms with Crippen molar-refractivity contribution in [3.05, 3.63) is 52.6 Å². The van der Waals surface area contributed by atoms with Gasteiger partial charge in [0, 0.05) is 18.4 Å². The fourth-order valence-electron chi connectivity index (χ4n) is 3.82. The fraction of sp³-hybridized carbons (Fsp3) is 0.381. The number of H-pyrrole nitrogens is 1. The topological polar surface area (TPSA) is 125 Å². The fourth-order valence-corrected chi connectivity index (χ4v) is 4.01. The largest absolute Gasteiger partial charge is 0.481 e. The van der Waals surface area contributed by atoms with Gasteiger partial charge in [0.15, 0.2) is 0 Å². The summed E-state index contributed by atoms with van der Waals surface area (Å²) in [6.45, 7) is 3.73. The number of fused-ring (bicyclic) bond motifs is 1. The molecule has 1 aliphatic heterocycles. The minimum absolute atomic E-state index is 0.0356. The van der Waals surface area contributed by atoms with E-state index in [1.165, 1.54) is 18.2 Å². The molecule has 3 aromatic rings. The highest BCUT2D eigenvalue weighted by Crippen LogP contribution is 2.35. The van der Waals surface area contributed by atoms with Gasteiger partial charge in [0.2, 0.25) is 17.6 Å². The summed E-state index contributed by atoms with van der Waals surface area (Å²) >= 11 is 5.86. The van der Waals surface area contributed by atoms with Crippen LogP contribution in [0.2, 0.25) is 5.02 Å². The lowest BCUT2D eigenvalue weighted by molar-refractivity contribution is -0.142. The van der Waals surface area contributed by atoms with Crippen LogP contribution in [0.3, 0.4) is 0 Å². The Hall–Kier alpha value is -3.27. The van der Waals surface area contributed by atoms with E-state index < -0.39 is 23.2 Å². The van der Waals surface area contributed by atoms with Crippen molar-refractivity contribution in [3.8, 4) is 11.4 Å². The molecule has 0 saturated heterocycles. The van der Waals surface area contributed by atoms with Crippen molar-refractivity contribution in [1.29, 1.82) is 0 Å². The average Bonchev–Trinajstić information content (AvgIpc) is 3.36. The molecule has 0 radical (unpaired) electrons. The van der Waals surface area contributed by atoms with Crippen LogP contribution >= 0.6 is 11.6 Å². The predicted molar refractivity (Wildman–Crippen MR) is 111 cm³/mol. The van der Waals surface area contributed by atoms with Gasteiger partial charge in [-0.05, 0) is 23.6 Å². The molecule has 11 heteroatoms. The number of amides is 1. The second-order valence-electron chi connectivity index (χ2n) is 8.57. The smallest absolute Gasteiger partial charge is 0.303 e. The van der Waals surface area contributed by atoms with Crippen molar-refractivity contribution in [3.63, 3.8) is 0 Å².